The summed E-state index contributed by atoms with van der Waals surface area (Å²) in [6.07, 6.45) is 7.89. The van der Waals surface area contributed by atoms with Gasteiger partial charge in [0.15, 0.2) is 0 Å². The molecule has 2 rings (SSSR count). The minimum atomic E-state index is -0.503. The van der Waals surface area contributed by atoms with Gasteiger partial charge in [0.05, 0.1) is 5.69 Å². The van der Waals surface area contributed by atoms with E-state index in [0.29, 0.717) is 17.2 Å². The van der Waals surface area contributed by atoms with Gasteiger partial charge >= 0.3 is 0 Å². The molecule has 1 nitrogen and oxygen atoms in total. The Kier molecular flexibility index (Phi) is 5.51. The Morgan fingerprint density at radius 1 is 1.39 bits per heavy atom. The molecule has 0 spiro atoms. The highest BCUT2D eigenvalue weighted by Crippen LogP contribution is 2.51. The third-order valence-corrected chi connectivity index (χ3v) is 5.18. The number of hydrogen-bond donors (Lipinski definition) is 0. The topological polar surface area (TPSA) is 12.9 Å². The molecule has 0 radical (unpaired) electrons. The number of aromatic nitrogens is 1. The zero-order valence-electron chi connectivity index (χ0n) is 14.3. The maximum atomic E-state index is 14.7. The Morgan fingerprint density at radius 2 is 2.13 bits per heavy atom. The van der Waals surface area contributed by atoms with Crippen molar-refractivity contribution in [1.82, 2.24) is 4.98 Å². The largest absolute Gasteiger partial charge is 0.256 e. The van der Waals surface area contributed by atoms with Crippen molar-refractivity contribution in [3.8, 4) is 0 Å². The Bertz CT molecular complexity index is 630. The zero-order valence-corrected chi connectivity index (χ0v) is 14.3. The third-order valence-electron chi connectivity index (χ3n) is 5.18. The first-order chi connectivity index (χ1) is 10.9. The molecular weight excluding hydrogens is 292 g/mol. The van der Waals surface area contributed by atoms with E-state index in [2.05, 4.69) is 31.8 Å². The average molecular weight is 317 g/mol. The van der Waals surface area contributed by atoms with E-state index in [-0.39, 0.29) is 17.8 Å². The van der Waals surface area contributed by atoms with Crippen molar-refractivity contribution in [1.29, 1.82) is 0 Å². The predicted octanol–water partition coefficient (Wildman–Crippen LogP) is 6.26. The van der Waals surface area contributed by atoms with Crippen LogP contribution in [0.5, 0.6) is 0 Å². The molecule has 3 atom stereocenters. The molecule has 0 aliphatic heterocycles. The van der Waals surface area contributed by atoms with Crippen molar-refractivity contribution in [2.75, 3.05) is 0 Å². The summed E-state index contributed by atoms with van der Waals surface area (Å²) in [7, 11) is 0. The average Bonchev–Trinajstić information content (AvgIpc) is 2.54. The number of hydrogen-bond acceptors (Lipinski definition) is 1. The van der Waals surface area contributed by atoms with E-state index in [9.17, 15) is 8.78 Å². The zero-order chi connectivity index (χ0) is 17.0. The Balaban J connectivity index is 2.61. The van der Waals surface area contributed by atoms with Gasteiger partial charge < -0.3 is 0 Å². The molecule has 23 heavy (non-hydrogen) atoms. The quantitative estimate of drug-likeness (QED) is 0.584. The summed E-state index contributed by atoms with van der Waals surface area (Å²) in [5.74, 6) is -0.877. The first-order valence-corrected chi connectivity index (χ1v) is 8.25. The minimum absolute atomic E-state index is 0.213. The van der Waals surface area contributed by atoms with Gasteiger partial charge in [-0.2, -0.15) is 0 Å². The van der Waals surface area contributed by atoms with Crippen LogP contribution in [-0.2, 0) is 0 Å². The van der Waals surface area contributed by atoms with Crippen LogP contribution in [0.1, 0.15) is 46.2 Å². The second-order valence-electron chi connectivity index (χ2n) is 6.50. The molecule has 0 bridgehead atoms. The molecule has 3 heteroatoms. The normalized spacial score (nSPS) is 22.9. The summed E-state index contributed by atoms with van der Waals surface area (Å²) in [6, 6.07) is 5.44. The van der Waals surface area contributed by atoms with Gasteiger partial charge in [-0.3, -0.25) is 4.98 Å². The van der Waals surface area contributed by atoms with E-state index >= 15 is 0 Å². The van der Waals surface area contributed by atoms with Gasteiger partial charge in [-0.05, 0) is 30.4 Å². The summed E-state index contributed by atoms with van der Waals surface area (Å²) in [4.78, 5) is 4.31. The van der Waals surface area contributed by atoms with Gasteiger partial charge in [0.25, 0.3) is 0 Å². The maximum Gasteiger partial charge on any atom is 0.131 e. The number of rotatable bonds is 5. The van der Waals surface area contributed by atoms with E-state index in [4.69, 9.17) is 0 Å². The van der Waals surface area contributed by atoms with Gasteiger partial charge in [0.1, 0.15) is 11.7 Å². The van der Waals surface area contributed by atoms with Crippen molar-refractivity contribution < 1.29 is 8.78 Å². The van der Waals surface area contributed by atoms with Gasteiger partial charge in [-0.25, -0.2) is 8.78 Å². The molecule has 1 aliphatic carbocycles. The van der Waals surface area contributed by atoms with E-state index in [1.54, 1.807) is 18.3 Å². The van der Waals surface area contributed by atoms with Crippen molar-refractivity contribution in [2.45, 2.75) is 40.5 Å². The van der Waals surface area contributed by atoms with Crippen molar-refractivity contribution in [2.24, 2.45) is 17.3 Å². The second-order valence-corrected chi connectivity index (χ2v) is 6.50. The minimum Gasteiger partial charge on any atom is -0.256 e. The lowest BCUT2D eigenvalue weighted by Crippen LogP contribution is -2.34. The van der Waals surface area contributed by atoms with Crippen LogP contribution in [0.2, 0.25) is 0 Å². The second kappa shape index (κ2) is 7.20. The molecular formula is C20H25F2N. The van der Waals surface area contributed by atoms with Crippen LogP contribution in [-0.4, -0.2) is 4.98 Å². The molecule has 0 saturated carbocycles. The van der Waals surface area contributed by atoms with E-state index < -0.39 is 11.7 Å². The number of pyridine rings is 1. The molecule has 1 heterocycles. The van der Waals surface area contributed by atoms with Gasteiger partial charge in [-0.15, -0.1) is 0 Å². The third kappa shape index (κ3) is 3.44. The van der Waals surface area contributed by atoms with Crippen LogP contribution < -0.4 is 0 Å². The molecule has 1 aromatic heterocycles. The van der Waals surface area contributed by atoms with Crippen LogP contribution in [0.15, 0.2) is 54.3 Å². The van der Waals surface area contributed by atoms with Crippen LogP contribution in [0.4, 0.5) is 8.78 Å². The Labute approximate surface area is 137 Å². The first-order valence-electron chi connectivity index (χ1n) is 8.25. The summed E-state index contributed by atoms with van der Waals surface area (Å²) in [5, 5.41) is 0. The summed E-state index contributed by atoms with van der Waals surface area (Å²) in [6.45, 7) is 8.31. The molecule has 0 N–H and O–H groups in total. The predicted molar refractivity (Wildman–Crippen MR) is 91.9 cm³/mol. The molecule has 1 aromatic rings. The lowest BCUT2D eigenvalue weighted by Gasteiger charge is -2.42. The van der Waals surface area contributed by atoms with Crippen LogP contribution in [0, 0.1) is 17.3 Å². The fraction of sp³-hybridized carbons (Fsp3) is 0.450. The highest BCUT2D eigenvalue weighted by molar-refractivity contribution is 5.71. The first kappa shape index (κ1) is 17.6. The summed E-state index contributed by atoms with van der Waals surface area (Å²) < 4.78 is 28.7. The van der Waals surface area contributed by atoms with E-state index in [1.807, 2.05) is 19.1 Å². The summed E-state index contributed by atoms with van der Waals surface area (Å²) >= 11 is 0. The van der Waals surface area contributed by atoms with Crippen molar-refractivity contribution in [3.63, 3.8) is 0 Å². The maximum absolute atomic E-state index is 14.7. The Morgan fingerprint density at radius 3 is 2.70 bits per heavy atom. The van der Waals surface area contributed by atoms with Gasteiger partial charge in [-0.1, -0.05) is 45.4 Å². The van der Waals surface area contributed by atoms with Crippen molar-refractivity contribution in [3.05, 3.63) is 60.0 Å². The molecule has 0 saturated heterocycles. The summed E-state index contributed by atoms with van der Waals surface area (Å²) in [5.41, 5.74) is 0.782. The lowest BCUT2D eigenvalue weighted by molar-refractivity contribution is 0.190. The van der Waals surface area contributed by atoms with Crippen LogP contribution in [0.3, 0.4) is 0 Å². The SMILES string of the molecule is CC=CC(C)(C(C)CC)C1CC(F)=CC(F)=C1c1ccccn1. The van der Waals surface area contributed by atoms with Crippen LogP contribution >= 0.6 is 0 Å². The Hall–Kier alpha value is -1.77. The monoisotopic (exact) mass is 317 g/mol. The van der Waals surface area contributed by atoms with Crippen molar-refractivity contribution >= 4 is 5.57 Å². The molecule has 124 valence electrons. The number of halogens is 2. The highest BCUT2D eigenvalue weighted by Gasteiger charge is 2.42. The molecule has 0 aromatic carbocycles. The van der Waals surface area contributed by atoms with E-state index in [1.165, 1.54) is 0 Å². The molecule has 0 fully saturated rings. The molecule has 3 unspecified atom stereocenters. The highest BCUT2D eigenvalue weighted by atomic mass is 19.1. The van der Waals surface area contributed by atoms with Gasteiger partial charge in [0, 0.05) is 30.2 Å². The molecule has 1 aliphatic rings. The number of allylic oxidation sites excluding steroid dienone is 6. The fourth-order valence-electron chi connectivity index (χ4n) is 3.51. The standard InChI is InChI=1S/C20H25F2N/c1-5-10-20(4,14(3)6-2)16-12-15(21)13-17(22)19(16)18-9-7-8-11-23-18/h5,7-11,13-14,16H,6,12H2,1-4H3. The van der Waals surface area contributed by atoms with E-state index in [0.717, 1.165) is 12.5 Å². The van der Waals surface area contributed by atoms with Gasteiger partial charge in [0.2, 0.25) is 0 Å². The fourth-order valence-corrected chi connectivity index (χ4v) is 3.51. The number of nitrogens with zero attached hydrogens (tertiary/aromatic N) is 1. The van der Waals surface area contributed by atoms with Crippen LogP contribution in [0.25, 0.3) is 5.57 Å². The lowest BCUT2D eigenvalue weighted by atomic mass is 9.62. The smallest absolute Gasteiger partial charge is 0.131 e. The molecule has 0 amide bonds.